The van der Waals surface area contributed by atoms with Crippen molar-refractivity contribution in [2.75, 3.05) is 0 Å². The van der Waals surface area contributed by atoms with Crippen molar-refractivity contribution in [1.29, 1.82) is 0 Å². The van der Waals surface area contributed by atoms with Gasteiger partial charge in [0.1, 0.15) is 5.75 Å². The molecule has 0 aromatic heterocycles. The molecule has 0 spiro atoms. The molecular formula is C15H19Cl3O. The lowest BCUT2D eigenvalue weighted by Crippen LogP contribution is -2.29. The lowest BCUT2D eigenvalue weighted by Gasteiger charge is -2.32. The number of halogens is 3. The molecule has 1 saturated carbocycles. The molecule has 4 heteroatoms. The molecule has 1 aromatic carbocycles. The van der Waals surface area contributed by atoms with Gasteiger partial charge in [0.05, 0.1) is 17.0 Å². The third kappa shape index (κ3) is 3.71. The summed E-state index contributed by atoms with van der Waals surface area (Å²) >= 11 is 18.2. The van der Waals surface area contributed by atoms with Crippen LogP contribution in [0.2, 0.25) is 10.0 Å². The first kappa shape index (κ1) is 15.3. The van der Waals surface area contributed by atoms with Crippen LogP contribution in [0.25, 0.3) is 0 Å². The van der Waals surface area contributed by atoms with Crippen LogP contribution in [0.15, 0.2) is 12.1 Å². The van der Waals surface area contributed by atoms with Crippen molar-refractivity contribution in [2.45, 2.75) is 45.1 Å². The molecule has 1 aromatic rings. The fraction of sp³-hybridized carbons (Fsp3) is 0.600. The van der Waals surface area contributed by atoms with Gasteiger partial charge in [-0.15, -0.1) is 11.6 Å². The summed E-state index contributed by atoms with van der Waals surface area (Å²) in [5.41, 5.74) is 0.866. The Kier molecular flexibility index (Phi) is 5.28. The van der Waals surface area contributed by atoms with E-state index >= 15 is 0 Å². The summed E-state index contributed by atoms with van der Waals surface area (Å²) in [6.07, 6.45) is 3.58. The van der Waals surface area contributed by atoms with Gasteiger partial charge in [-0.1, -0.05) is 37.0 Å². The van der Waals surface area contributed by atoms with Crippen molar-refractivity contribution >= 4 is 34.8 Å². The zero-order chi connectivity index (χ0) is 14.0. The van der Waals surface area contributed by atoms with E-state index in [9.17, 15) is 0 Å². The van der Waals surface area contributed by atoms with Gasteiger partial charge in [-0.3, -0.25) is 0 Å². The van der Waals surface area contributed by atoms with Crippen LogP contribution in [-0.4, -0.2) is 6.10 Å². The topological polar surface area (TPSA) is 9.23 Å². The van der Waals surface area contributed by atoms with E-state index in [0.29, 0.717) is 27.6 Å². The first-order valence-corrected chi connectivity index (χ1v) is 8.00. The van der Waals surface area contributed by atoms with Gasteiger partial charge in [0.15, 0.2) is 0 Å². The highest BCUT2D eigenvalue weighted by Crippen LogP contribution is 2.37. The molecule has 3 unspecified atom stereocenters. The molecule has 0 amide bonds. The van der Waals surface area contributed by atoms with Gasteiger partial charge in [-0.05, 0) is 43.2 Å². The van der Waals surface area contributed by atoms with Gasteiger partial charge < -0.3 is 4.74 Å². The van der Waals surface area contributed by atoms with E-state index in [1.165, 1.54) is 6.42 Å². The van der Waals surface area contributed by atoms with Gasteiger partial charge in [0.2, 0.25) is 0 Å². The molecule has 0 radical (unpaired) electrons. The van der Waals surface area contributed by atoms with Gasteiger partial charge >= 0.3 is 0 Å². The van der Waals surface area contributed by atoms with E-state index in [4.69, 9.17) is 39.5 Å². The van der Waals surface area contributed by atoms with E-state index in [1.54, 1.807) is 6.07 Å². The van der Waals surface area contributed by atoms with Crippen LogP contribution < -0.4 is 4.74 Å². The highest BCUT2D eigenvalue weighted by Gasteiger charge is 2.26. The zero-order valence-corrected chi connectivity index (χ0v) is 13.5. The number of alkyl halides is 1. The summed E-state index contributed by atoms with van der Waals surface area (Å²) in [5, 5.41) is 1.15. The summed E-state index contributed by atoms with van der Waals surface area (Å²) in [4.78, 5) is 0. The molecule has 0 saturated heterocycles. The minimum Gasteiger partial charge on any atom is -0.489 e. The van der Waals surface area contributed by atoms with Crippen LogP contribution in [0.4, 0.5) is 0 Å². The predicted molar refractivity (Wildman–Crippen MR) is 82.6 cm³/mol. The number of ether oxygens (including phenoxy) is 1. The smallest absolute Gasteiger partial charge is 0.142 e. The van der Waals surface area contributed by atoms with E-state index in [-0.39, 0.29) is 6.10 Å². The number of benzene rings is 1. The minimum atomic E-state index is 0.229. The average Bonchev–Trinajstić information content (AvgIpc) is 2.36. The molecule has 0 aliphatic heterocycles. The van der Waals surface area contributed by atoms with E-state index in [1.807, 2.05) is 6.07 Å². The largest absolute Gasteiger partial charge is 0.489 e. The molecular weight excluding hydrogens is 303 g/mol. The van der Waals surface area contributed by atoms with Crippen molar-refractivity contribution in [2.24, 2.45) is 11.8 Å². The Morgan fingerprint density at radius 2 is 1.89 bits per heavy atom. The molecule has 1 aliphatic rings. The third-order valence-corrected chi connectivity index (χ3v) is 4.85. The fourth-order valence-electron chi connectivity index (χ4n) is 2.62. The SMILES string of the molecule is CC1CCC(Oc2c(Cl)cc(Cl)cc2CCl)CC1C. The van der Waals surface area contributed by atoms with Gasteiger partial charge in [0.25, 0.3) is 0 Å². The summed E-state index contributed by atoms with van der Waals surface area (Å²) in [7, 11) is 0. The molecule has 1 aliphatic carbocycles. The fourth-order valence-corrected chi connectivity index (χ4v) is 3.40. The second kappa shape index (κ2) is 6.56. The second-order valence-corrected chi connectivity index (χ2v) is 6.63. The normalized spacial score (nSPS) is 27.3. The van der Waals surface area contributed by atoms with Crippen molar-refractivity contribution in [3.8, 4) is 5.75 Å². The standard InChI is InChI=1S/C15H19Cl3O/c1-9-3-4-13(5-10(9)2)19-15-11(8-16)6-12(17)7-14(15)18/h6-7,9-10,13H,3-5,8H2,1-2H3. The monoisotopic (exact) mass is 320 g/mol. The lowest BCUT2D eigenvalue weighted by atomic mass is 9.80. The molecule has 106 valence electrons. The first-order chi connectivity index (χ1) is 9.01. The van der Waals surface area contributed by atoms with Crippen LogP contribution in [-0.2, 0) is 5.88 Å². The Morgan fingerprint density at radius 3 is 2.53 bits per heavy atom. The van der Waals surface area contributed by atoms with Crippen molar-refractivity contribution < 1.29 is 4.74 Å². The van der Waals surface area contributed by atoms with Gasteiger partial charge in [-0.2, -0.15) is 0 Å². The second-order valence-electron chi connectivity index (χ2n) is 5.52. The maximum atomic E-state index is 6.23. The van der Waals surface area contributed by atoms with Crippen LogP contribution in [0.1, 0.15) is 38.7 Å². The van der Waals surface area contributed by atoms with Crippen molar-refractivity contribution in [1.82, 2.24) is 0 Å². The molecule has 2 rings (SSSR count). The number of hydrogen-bond acceptors (Lipinski definition) is 1. The minimum absolute atomic E-state index is 0.229. The molecule has 1 fully saturated rings. The summed E-state index contributed by atoms with van der Waals surface area (Å²) in [6.45, 7) is 4.59. The zero-order valence-electron chi connectivity index (χ0n) is 11.3. The van der Waals surface area contributed by atoms with Crippen LogP contribution in [0, 0.1) is 11.8 Å². The predicted octanol–water partition coefficient (Wildman–Crippen LogP) is 5.94. The maximum Gasteiger partial charge on any atom is 0.142 e. The number of hydrogen-bond donors (Lipinski definition) is 0. The van der Waals surface area contributed by atoms with Gasteiger partial charge in [-0.25, -0.2) is 0 Å². The summed E-state index contributed by atoms with van der Waals surface area (Å²) in [5.74, 6) is 2.51. The molecule has 1 nitrogen and oxygen atoms in total. The Morgan fingerprint density at radius 1 is 1.16 bits per heavy atom. The summed E-state index contributed by atoms with van der Waals surface area (Å²) < 4.78 is 6.11. The Balaban J connectivity index is 2.15. The Bertz CT molecular complexity index is 447. The third-order valence-electron chi connectivity index (χ3n) is 4.06. The van der Waals surface area contributed by atoms with Crippen molar-refractivity contribution in [3.05, 3.63) is 27.7 Å². The maximum absolute atomic E-state index is 6.23. The highest BCUT2D eigenvalue weighted by molar-refractivity contribution is 6.36. The van der Waals surface area contributed by atoms with Crippen LogP contribution in [0.5, 0.6) is 5.75 Å². The molecule has 0 N–H and O–H groups in total. The molecule has 0 bridgehead atoms. The average molecular weight is 322 g/mol. The van der Waals surface area contributed by atoms with Gasteiger partial charge in [0, 0.05) is 10.6 Å². The van der Waals surface area contributed by atoms with E-state index < -0.39 is 0 Å². The summed E-state index contributed by atoms with van der Waals surface area (Å²) in [6, 6.07) is 3.54. The molecule has 0 heterocycles. The lowest BCUT2D eigenvalue weighted by molar-refractivity contribution is 0.1000. The Hall–Kier alpha value is -0.110. The Labute approximate surface area is 130 Å². The quantitative estimate of drug-likeness (QED) is 0.626. The van der Waals surface area contributed by atoms with Crippen molar-refractivity contribution in [3.63, 3.8) is 0 Å². The molecule has 3 atom stereocenters. The first-order valence-electron chi connectivity index (χ1n) is 6.71. The highest BCUT2D eigenvalue weighted by atomic mass is 35.5. The van der Waals surface area contributed by atoms with Crippen LogP contribution in [0.3, 0.4) is 0 Å². The number of rotatable bonds is 3. The molecule has 19 heavy (non-hydrogen) atoms. The van der Waals surface area contributed by atoms with E-state index in [2.05, 4.69) is 13.8 Å². The van der Waals surface area contributed by atoms with E-state index in [0.717, 1.165) is 24.3 Å². The van der Waals surface area contributed by atoms with Crippen LogP contribution >= 0.6 is 34.8 Å².